The van der Waals surface area contributed by atoms with E-state index in [-0.39, 0.29) is 13.0 Å². The summed E-state index contributed by atoms with van der Waals surface area (Å²) in [6.07, 6.45) is 8.43. The molecule has 8 nitrogen and oxygen atoms in total. The number of carbonyl (C=O) groups excluding carboxylic acids is 1. The number of ether oxygens (including phenoxy) is 2. The first-order valence-electron chi connectivity index (χ1n) is 12.3. The van der Waals surface area contributed by atoms with Gasteiger partial charge in [0.25, 0.3) is 0 Å². The Kier molecular flexibility index (Phi) is 13.9. The maximum absolute atomic E-state index is 12.7. The summed E-state index contributed by atoms with van der Waals surface area (Å²) in [7, 11) is -3.33. The fraction of sp³-hybridized carbons (Fsp3) is 0.708. The Labute approximate surface area is 198 Å². The van der Waals surface area contributed by atoms with Gasteiger partial charge in [0.05, 0.1) is 13.2 Å². The molecule has 0 saturated carbocycles. The molecule has 2 atom stereocenters. The van der Waals surface area contributed by atoms with Crippen molar-refractivity contribution in [2.24, 2.45) is 0 Å². The number of hydrogen-bond donors (Lipinski definition) is 3. The van der Waals surface area contributed by atoms with E-state index in [9.17, 15) is 14.5 Å². The van der Waals surface area contributed by atoms with Crippen molar-refractivity contribution in [3.8, 4) is 0 Å². The van der Waals surface area contributed by atoms with Gasteiger partial charge in [-0.05, 0) is 12.0 Å². The van der Waals surface area contributed by atoms with Crippen molar-refractivity contribution >= 4 is 13.6 Å². The highest BCUT2D eigenvalue weighted by atomic mass is 31.2. The maximum atomic E-state index is 12.7. The smallest absolute Gasteiger partial charge is 0.343 e. The highest BCUT2D eigenvalue weighted by molar-refractivity contribution is 7.55. The molecule has 3 N–H and O–H groups in total. The molecule has 1 aliphatic rings. The van der Waals surface area contributed by atoms with E-state index in [0.29, 0.717) is 13.1 Å². The van der Waals surface area contributed by atoms with E-state index in [4.69, 9.17) is 14.0 Å². The third-order valence-corrected chi connectivity index (χ3v) is 7.31. The topological polar surface area (TPSA) is 106 Å². The Bertz CT molecular complexity index is 695. The number of hydrogen-bond acceptors (Lipinski definition) is 6. The molecule has 33 heavy (non-hydrogen) atoms. The van der Waals surface area contributed by atoms with E-state index in [2.05, 4.69) is 17.1 Å². The monoisotopic (exact) mass is 484 g/mol. The molecule has 1 aromatic rings. The Hall–Kier alpha value is -1.28. The number of unbranched alkanes of at least 4 members (excludes halogenated alkanes) is 8. The lowest BCUT2D eigenvalue weighted by Crippen LogP contribution is -2.39. The second kappa shape index (κ2) is 16.4. The first-order valence-corrected chi connectivity index (χ1v) is 13.9. The summed E-state index contributed by atoms with van der Waals surface area (Å²) in [5.74, 6) is -0.417. The standard InChI is InChI=1S/C24H41N2O6P/c1-2-3-4-5-6-7-8-9-13-16-23(28)31-22(19-27)24(32-33(29)25-17-18-26-33)30-20-21-14-11-10-12-15-21/h10-12,14-15,22,24,27H,2-9,13,16-20H2,1H3,(H2,25,26,29). The molecule has 1 heterocycles. The lowest BCUT2D eigenvalue weighted by Gasteiger charge is -2.28. The first kappa shape index (κ1) is 28.0. The molecule has 0 aliphatic carbocycles. The molecule has 0 aromatic heterocycles. The molecule has 2 unspecified atom stereocenters. The van der Waals surface area contributed by atoms with Crippen molar-refractivity contribution in [1.29, 1.82) is 0 Å². The van der Waals surface area contributed by atoms with Crippen LogP contribution in [0.5, 0.6) is 0 Å². The molecule has 2 rings (SSSR count). The van der Waals surface area contributed by atoms with Crippen molar-refractivity contribution in [1.82, 2.24) is 10.2 Å². The summed E-state index contributed by atoms with van der Waals surface area (Å²) in [6.45, 7) is 2.86. The SMILES string of the molecule is CCCCCCCCCCCC(=O)OC(CO)C(OCc1ccccc1)OP1(=O)NCCN1. The highest BCUT2D eigenvalue weighted by Gasteiger charge is 2.36. The van der Waals surface area contributed by atoms with Gasteiger partial charge in [-0.3, -0.25) is 13.9 Å². The third-order valence-electron chi connectivity index (χ3n) is 5.53. The van der Waals surface area contributed by atoms with Crippen LogP contribution in [0.2, 0.25) is 0 Å². The van der Waals surface area contributed by atoms with E-state index in [1.165, 1.54) is 38.5 Å². The predicted molar refractivity (Wildman–Crippen MR) is 129 cm³/mol. The van der Waals surface area contributed by atoms with Crippen molar-refractivity contribution in [3.05, 3.63) is 35.9 Å². The zero-order chi connectivity index (χ0) is 23.8. The Morgan fingerprint density at radius 1 is 1.00 bits per heavy atom. The number of benzene rings is 1. The minimum absolute atomic E-state index is 0.164. The van der Waals surface area contributed by atoms with Crippen molar-refractivity contribution in [3.63, 3.8) is 0 Å². The average molecular weight is 485 g/mol. The van der Waals surface area contributed by atoms with Gasteiger partial charge in [-0.25, -0.2) is 10.2 Å². The molecule has 0 amide bonds. The van der Waals surface area contributed by atoms with Gasteiger partial charge in [0.2, 0.25) is 6.29 Å². The fourth-order valence-corrected chi connectivity index (χ4v) is 5.19. The van der Waals surface area contributed by atoms with E-state index >= 15 is 0 Å². The van der Waals surface area contributed by atoms with Gasteiger partial charge in [0.15, 0.2) is 6.10 Å². The van der Waals surface area contributed by atoms with Crippen LogP contribution < -0.4 is 10.2 Å². The van der Waals surface area contributed by atoms with Crippen LogP contribution in [-0.2, 0) is 30.0 Å². The molecule has 1 fully saturated rings. The number of nitrogens with one attached hydrogen (secondary N) is 2. The van der Waals surface area contributed by atoms with Gasteiger partial charge in [-0.1, -0.05) is 88.6 Å². The predicted octanol–water partition coefficient (Wildman–Crippen LogP) is 4.67. The van der Waals surface area contributed by atoms with E-state index in [0.717, 1.165) is 24.8 Å². The first-order chi connectivity index (χ1) is 16.1. The summed E-state index contributed by atoms with van der Waals surface area (Å²) < 4.78 is 29.7. The molecule has 1 saturated heterocycles. The van der Waals surface area contributed by atoms with Gasteiger partial charge >= 0.3 is 13.6 Å². The number of aliphatic hydroxyl groups excluding tert-OH is 1. The Morgan fingerprint density at radius 3 is 2.21 bits per heavy atom. The lowest BCUT2D eigenvalue weighted by molar-refractivity contribution is -0.192. The van der Waals surface area contributed by atoms with Gasteiger partial charge in [-0.15, -0.1) is 0 Å². The zero-order valence-electron chi connectivity index (χ0n) is 19.9. The van der Waals surface area contributed by atoms with Gasteiger partial charge in [0.1, 0.15) is 0 Å². The highest BCUT2D eigenvalue weighted by Crippen LogP contribution is 2.42. The molecule has 1 aliphatic heterocycles. The Morgan fingerprint density at radius 2 is 1.61 bits per heavy atom. The number of carbonyl (C=O) groups is 1. The van der Waals surface area contributed by atoms with E-state index in [1.54, 1.807) is 0 Å². The van der Waals surface area contributed by atoms with Gasteiger partial charge in [0, 0.05) is 19.5 Å². The third kappa shape index (κ3) is 11.6. The van der Waals surface area contributed by atoms with Crippen molar-refractivity contribution in [2.45, 2.75) is 90.1 Å². The van der Waals surface area contributed by atoms with Crippen LogP contribution in [0.4, 0.5) is 0 Å². The van der Waals surface area contributed by atoms with Crippen molar-refractivity contribution < 1.29 is 28.5 Å². The minimum atomic E-state index is -3.33. The van der Waals surface area contributed by atoms with E-state index < -0.39 is 32.6 Å². The summed E-state index contributed by atoms with van der Waals surface area (Å²) in [6, 6.07) is 9.42. The average Bonchev–Trinajstić information content (AvgIpc) is 3.26. The van der Waals surface area contributed by atoms with E-state index in [1.807, 2.05) is 30.3 Å². The summed E-state index contributed by atoms with van der Waals surface area (Å²) in [4.78, 5) is 12.4. The summed E-state index contributed by atoms with van der Waals surface area (Å²) in [5.41, 5.74) is 0.884. The van der Waals surface area contributed by atoms with Gasteiger partial charge in [-0.2, -0.15) is 0 Å². The molecule has 0 bridgehead atoms. The summed E-state index contributed by atoms with van der Waals surface area (Å²) >= 11 is 0. The lowest BCUT2D eigenvalue weighted by atomic mass is 10.1. The normalized spacial score (nSPS) is 17.0. The maximum Gasteiger partial charge on any atom is 0.343 e. The second-order valence-electron chi connectivity index (χ2n) is 8.43. The molecular formula is C24H41N2O6P. The molecule has 0 spiro atoms. The Balaban J connectivity index is 1.78. The van der Waals surface area contributed by atoms with Crippen LogP contribution >= 0.6 is 7.67 Å². The van der Waals surface area contributed by atoms with Crippen LogP contribution in [0.1, 0.15) is 76.7 Å². The number of aliphatic hydroxyl groups is 1. The molecule has 188 valence electrons. The number of rotatable bonds is 18. The quantitative estimate of drug-likeness (QED) is 0.119. The number of esters is 1. The second-order valence-corrected chi connectivity index (χ2v) is 10.4. The van der Waals surface area contributed by atoms with Crippen LogP contribution in [0.25, 0.3) is 0 Å². The summed E-state index contributed by atoms with van der Waals surface area (Å²) in [5, 5.41) is 15.4. The van der Waals surface area contributed by atoms with Crippen LogP contribution in [-0.4, -0.2) is 43.2 Å². The van der Waals surface area contributed by atoms with Gasteiger partial charge < -0.3 is 14.6 Å². The fourth-order valence-electron chi connectivity index (χ4n) is 3.63. The largest absolute Gasteiger partial charge is 0.454 e. The molecular weight excluding hydrogens is 443 g/mol. The van der Waals surface area contributed by atoms with Crippen LogP contribution in [0.15, 0.2) is 30.3 Å². The zero-order valence-corrected chi connectivity index (χ0v) is 20.8. The molecule has 9 heteroatoms. The van der Waals surface area contributed by atoms with Crippen LogP contribution in [0.3, 0.4) is 0 Å². The van der Waals surface area contributed by atoms with Crippen molar-refractivity contribution in [2.75, 3.05) is 19.7 Å². The molecule has 1 aromatic carbocycles. The molecule has 0 radical (unpaired) electrons. The minimum Gasteiger partial charge on any atom is -0.454 e. The van der Waals surface area contributed by atoms with Crippen LogP contribution in [0, 0.1) is 0 Å².